The Bertz CT molecular complexity index is 585. The van der Waals surface area contributed by atoms with E-state index in [1.807, 2.05) is 19.0 Å². The third-order valence-corrected chi connectivity index (χ3v) is 4.26. The summed E-state index contributed by atoms with van der Waals surface area (Å²) in [5.74, 6) is 1.12. The van der Waals surface area contributed by atoms with Gasteiger partial charge >= 0.3 is 0 Å². The van der Waals surface area contributed by atoms with Crippen molar-refractivity contribution in [3.8, 4) is 0 Å². The van der Waals surface area contributed by atoms with Crippen LogP contribution in [0.1, 0.15) is 31.7 Å². The van der Waals surface area contributed by atoms with Gasteiger partial charge in [-0.3, -0.25) is 4.79 Å². The van der Waals surface area contributed by atoms with Crippen LogP contribution in [0.25, 0.3) is 0 Å². The number of amides is 1. The zero-order chi connectivity index (χ0) is 18.1. The molecule has 1 aliphatic rings. The van der Waals surface area contributed by atoms with Gasteiger partial charge in [-0.1, -0.05) is 12.1 Å². The predicted molar refractivity (Wildman–Crippen MR) is 104 cm³/mol. The number of carbonyl (C=O) groups is 1. The van der Waals surface area contributed by atoms with Gasteiger partial charge in [0.05, 0.1) is 6.54 Å². The molecule has 25 heavy (non-hydrogen) atoms. The number of aliphatic imine (C=N–C) groups is 1. The van der Waals surface area contributed by atoms with E-state index in [1.165, 1.54) is 11.3 Å². The molecule has 0 unspecified atom stereocenters. The monoisotopic (exact) mass is 345 g/mol. The molecule has 0 atom stereocenters. The van der Waals surface area contributed by atoms with Crippen molar-refractivity contribution in [3.63, 3.8) is 0 Å². The molecule has 0 aliphatic carbocycles. The van der Waals surface area contributed by atoms with E-state index in [4.69, 9.17) is 0 Å². The second-order valence-corrected chi connectivity index (χ2v) is 6.52. The van der Waals surface area contributed by atoms with Gasteiger partial charge in [0.15, 0.2) is 5.96 Å². The molecule has 1 saturated heterocycles. The number of hydrogen-bond acceptors (Lipinski definition) is 3. The van der Waals surface area contributed by atoms with E-state index in [0.717, 1.165) is 45.0 Å². The minimum Gasteiger partial charge on any atom is -0.378 e. The molecule has 6 heteroatoms. The summed E-state index contributed by atoms with van der Waals surface area (Å²) in [6, 6.07) is 8.41. The van der Waals surface area contributed by atoms with E-state index in [9.17, 15) is 4.79 Å². The van der Waals surface area contributed by atoms with Crippen molar-refractivity contribution in [2.45, 2.75) is 32.7 Å². The Kier molecular flexibility index (Phi) is 7.57. The van der Waals surface area contributed by atoms with Gasteiger partial charge in [0.2, 0.25) is 5.91 Å². The summed E-state index contributed by atoms with van der Waals surface area (Å²) in [6.07, 6.45) is 2.65. The second-order valence-electron chi connectivity index (χ2n) is 6.52. The first-order valence-electron chi connectivity index (χ1n) is 9.16. The fourth-order valence-electron chi connectivity index (χ4n) is 2.86. The number of nitrogens with zero attached hydrogens (tertiary/aromatic N) is 3. The van der Waals surface area contributed by atoms with Crippen LogP contribution < -0.4 is 15.5 Å². The molecule has 1 aromatic carbocycles. The number of guanidine groups is 1. The van der Waals surface area contributed by atoms with Crippen molar-refractivity contribution >= 4 is 17.6 Å². The van der Waals surface area contributed by atoms with Crippen LogP contribution in [0.2, 0.25) is 0 Å². The van der Waals surface area contributed by atoms with Crippen LogP contribution in [0.5, 0.6) is 0 Å². The zero-order valence-corrected chi connectivity index (χ0v) is 15.7. The quantitative estimate of drug-likeness (QED) is 0.429. The number of carbonyl (C=O) groups excluding carboxylic acids is 1. The Morgan fingerprint density at radius 3 is 2.84 bits per heavy atom. The molecule has 138 valence electrons. The minimum atomic E-state index is 0.293. The number of rotatable bonds is 8. The van der Waals surface area contributed by atoms with Crippen LogP contribution in [0.3, 0.4) is 0 Å². The molecule has 0 radical (unpaired) electrons. The lowest BCUT2D eigenvalue weighted by atomic mass is 10.2. The van der Waals surface area contributed by atoms with E-state index in [2.05, 4.69) is 51.7 Å². The fourth-order valence-corrected chi connectivity index (χ4v) is 2.86. The largest absolute Gasteiger partial charge is 0.378 e. The van der Waals surface area contributed by atoms with Gasteiger partial charge in [-0.2, -0.15) is 0 Å². The summed E-state index contributed by atoms with van der Waals surface area (Å²) in [5, 5.41) is 6.63. The molecule has 1 aromatic rings. The molecule has 0 spiro atoms. The summed E-state index contributed by atoms with van der Waals surface area (Å²) in [7, 11) is 4.08. The Morgan fingerprint density at radius 2 is 2.16 bits per heavy atom. The SMILES string of the molecule is CCNC(=NCc1cccc(N(C)C)c1)NCCCN1CCCC1=O. The van der Waals surface area contributed by atoms with Crippen molar-refractivity contribution in [2.24, 2.45) is 4.99 Å². The molecule has 0 bridgehead atoms. The maximum atomic E-state index is 11.6. The Labute approximate surface area is 151 Å². The van der Waals surface area contributed by atoms with Crippen LogP contribution in [-0.4, -0.2) is 57.0 Å². The van der Waals surface area contributed by atoms with E-state index in [-0.39, 0.29) is 0 Å². The molecule has 2 rings (SSSR count). The van der Waals surface area contributed by atoms with Crippen molar-refractivity contribution in [1.29, 1.82) is 0 Å². The number of anilines is 1. The number of likely N-dealkylation sites (tertiary alicyclic amines) is 1. The van der Waals surface area contributed by atoms with Gasteiger partial charge in [-0.05, 0) is 37.5 Å². The van der Waals surface area contributed by atoms with Crippen LogP contribution in [0.4, 0.5) is 5.69 Å². The molecule has 0 saturated carbocycles. The molecule has 1 amide bonds. The van der Waals surface area contributed by atoms with Gasteiger partial charge in [-0.15, -0.1) is 0 Å². The molecule has 1 fully saturated rings. The third-order valence-electron chi connectivity index (χ3n) is 4.26. The summed E-state index contributed by atoms with van der Waals surface area (Å²) in [4.78, 5) is 20.3. The van der Waals surface area contributed by atoms with Gasteiger partial charge in [0, 0.05) is 52.4 Å². The molecule has 0 aromatic heterocycles. The molecule has 1 aliphatic heterocycles. The zero-order valence-electron chi connectivity index (χ0n) is 15.7. The van der Waals surface area contributed by atoms with Gasteiger partial charge in [0.25, 0.3) is 0 Å². The summed E-state index contributed by atoms with van der Waals surface area (Å²) in [5.41, 5.74) is 2.37. The van der Waals surface area contributed by atoms with Crippen molar-refractivity contribution < 1.29 is 4.79 Å². The lowest BCUT2D eigenvalue weighted by molar-refractivity contribution is -0.127. The standard InChI is InChI=1S/C19H31N5O/c1-4-20-19(21-11-7-13-24-12-6-10-18(24)25)22-15-16-8-5-9-17(14-16)23(2)3/h5,8-9,14H,4,6-7,10-13,15H2,1-3H3,(H2,20,21,22). The Balaban J connectivity index is 1.81. The van der Waals surface area contributed by atoms with Gasteiger partial charge in [0.1, 0.15) is 0 Å². The Morgan fingerprint density at radius 1 is 1.32 bits per heavy atom. The van der Waals surface area contributed by atoms with E-state index in [1.54, 1.807) is 0 Å². The molecule has 2 N–H and O–H groups in total. The fraction of sp³-hybridized carbons (Fsp3) is 0.579. The Hall–Kier alpha value is -2.24. The van der Waals surface area contributed by atoms with Gasteiger partial charge < -0.3 is 20.4 Å². The van der Waals surface area contributed by atoms with Crippen LogP contribution >= 0.6 is 0 Å². The highest BCUT2D eigenvalue weighted by atomic mass is 16.2. The number of benzene rings is 1. The third kappa shape index (κ3) is 6.29. The van der Waals surface area contributed by atoms with E-state index >= 15 is 0 Å². The number of hydrogen-bond donors (Lipinski definition) is 2. The summed E-state index contributed by atoms with van der Waals surface area (Å²) < 4.78 is 0. The highest BCUT2D eigenvalue weighted by Crippen LogP contribution is 2.14. The number of nitrogens with one attached hydrogen (secondary N) is 2. The lowest BCUT2D eigenvalue weighted by Gasteiger charge is -2.16. The predicted octanol–water partition coefficient (Wildman–Crippen LogP) is 1.82. The lowest BCUT2D eigenvalue weighted by Crippen LogP contribution is -2.39. The van der Waals surface area contributed by atoms with Crippen LogP contribution in [-0.2, 0) is 11.3 Å². The highest BCUT2D eigenvalue weighted by Gasteiger charge is 2.18. The first-order valence-corrected chi connectivity index (χ1v) is 9.16. The summed E-state index contributed by atoms with van der Waals surface area (Å²) in [6.45, 7) is 6.08. The average Bonchev–Trinajstić information content (AvgIpc) is 3.01. The maximum Gasteiger partial charge on any atom is 0.222 e. The highest BCUT2D eigenvalue weighted by molar-refractivity contribution is 5.80. The van der Waals surface area contributed by atoms with Crippen molar-refractivity contribution in [3.05, 3.63) is 29.8 Å². The molecule has 6 nitrogen and oxygen atoms in total. The molecular weight excluding hydrogens is 314 g/mol. The second kappa shape index (κ2) is 9.91. The van der Waals surface area contributed by atoms with Crippen LogP contribution in [0.15, 0.2) is 29.3 Å². The topological polar surface area (TPSA) is 60.0 Å². The maximum absolute atomic E-state index is 11.6. The first-order chi connectivity index (χ1) is 12.1. The first kappa shape index (κ1) is 19.1. The normalized spacial score (nSPS) is 14.8. The average molecular weight is 345 g/mol. The smallest absolute Gasteiger partial charge is 0.222 e. The van der Waals surface area contributed by atoms with E-state index in [0.29, 0.717) is 18.9 Å². The van der Waals surface area contributed by atoms with Crippen LogP contribution in [0, 0.1) is 0 Å². The van der Waals surface area contributed by atoms with Crippen molar-refractivity contribution in [1.82, 2.24) is 15.5 Å². The van der Waals surface area contributed by atoms with Gasteiger partial charge in [-0.25, -0.2) is 4.99 Å². The molecule has 1 heterocycles. The van der Waals surface area contributed by atoms with E-state index < -0.39 is 0 Å². The molecular formula is C19H31N5O. The van der Waals surface area contributed by atoms with Crippen molar-refractivity contribution in [2.75, 3.05) is 45.2 Å². The minimum absolute atomic E-state index is 0.293. The summed E-state index contributed by atoms with van der Waals surface area (Å²) >= 11 is 0.